The van der Waals surface area contributed by atoms with Crippen LogP contribution in [0.3, 0.4) is 0 Å². The van der Waals surface area contributed by atoms with Crippen molar-refractivity contribution in [1.82, 2.24) is 9.62 Å². The molecule has 2 aromatic carbocycles. The average Bonchev–Trinajstić information content (AvgIpc) is 2.58. The van der Waals surface area contributed by atoms with Crippen molar-refractivity contribution in [3.8, 4) is 0 Å². The zero-order valence-corrected chi connectivity index (χ0v) is 15.3. The van der Waals surface area contributed by atoms with E-state index >= 15 is 0 Å². The molecule has 0 aliphatic heterocycles. The molecule has 0 spiro atoms. The zero-order chi connectivity index (χ0) is 19.4. The highest BCUT2D eigenvalue weighted by molar-refractivity contribution is 7.89. The fourth-order valence-corrected chi connectivity index (χ4v) is 3.51. The summed E-state index contributed by atoms with van der Waals surface area (Å²) >= 11 is 0. The van der Waals surface area contributed by atoms with Gasteiger partial charge in [0.15, 0.2) is 0 Å². The van der Waals surface area contributed by atoms with Crippen LogP contribution >= 0.6 is 0 Å². The molecule has 0 amide bonds. The van der Waals surface area contributed by atoms with E-state index in [1.807, 2.05) is 49.3 Å². The molecule has 0 saturated carbocycles. The van der Waals surface area contributed by atoms with Gasteiger partial charge in [-0.3, -0.25) is 0 Å². The van der Waals surface area contributed by atoms with E-state index in [0.29, 0.717) is 6.42 Å². The summed E-state index contributed by atoms with van der Waals surface area (Å²) in [7, 11) is -0.193. The Morgan fingerprint density at radius 3 is 2.08 bits per heavy atom. The Balaban J connectivity index is 2.07. The van der Waals surface area contributed by atoms with Gasteiger partial charge in [0.25, 0.3) is 0 Å². The zero-order valence-electron chi connectivity index (χ0n) is 14.5. The van der Waals surface area contributed by atoms with Crippen LogP contribution in [0.1, 0.15) is 11.1 Å². The van der Waals surface area contributed by atoms with Crippen LogP contribution in [0.25, 0.3) is 0 Å². The van der Waals surface area contributed by atoms with Gasteiger partial charge in [0.1, 0.15) is 0 Å². The van der Waals surface area contributed by atoms with E-state index in [-0.39, 0.29) is 17.5 Å². The maximum Gasteiger partial charge on any atom is 0.416 e. The topological polar surface area (TPSA) is 49.4 Å². The molecule has 0 aliphatic rings. The van der Waals surface area contributed by atoms with Crippen LogP contribution < -0.4 is 4.72 Å². The molecule has 8 heteroatoms. The molecule has 0 saturated heterocycles. The van der Waals surface area contributed by atoms with Crippen LogP contribution in [0.4, 0.5) is 13.2 Å². The maximum absolute atomic E-state index is 12.6. The Labute approximate surface area is 151 Å². The van der Waals surface area contributed by atoms with Crippen LogP contribution in [0.2, 0.25) is 0 Å². The lowest BCUT2D eigenvalue weighted by molar-refractivity contribution is -0.137. The molecule has 1 N–H and O–H groups in total. The van der Waals surface area contributed by atoms with Crippen LogP contribution in [0, 0.1) is 0 Å². The van der Waals surface area contributed by atoms with Crippen molar-refractivity contribution in [2.24, 2.45) is 0 Å². The number of likely N-dealkylation sites (N-methyl/N-ethyl adjacent to an activating group) is 1. The van der Waals surface area contributed by atoms with E-state index in [1.165, 1.54) is 0 Å². The largest absolute Gasteiger partial charge is 0.416 e. The SMILES string of the molecule is CN(C)[C@H](CNS(=O)(=O)c1ccc(C(F)(F)F)cc1)Cc1ccccc1. The molecule has 2 rings (SSSR count). The molecule has 0 aromatic heterocycles. The number of rotatable bonds is 7. The average molecular weight is 386 g/mol. The van der Waals surface area contributed by atoms with E-state index in [4.69, 9.17) is 0 Å². The highest BCUT2D eigenvalue weighted by Crippen LogP contribution is 2.29. The summed E-state index contributed by atoms with van der Waals surface area (Å²) in [5, 5.41) is 0. The first-order valence-corrected chi connectivity index (χ1v) is 9.45. The van der Waals surface area contributed by atoms with Gasteiger partial charge in [-0.2, -0.15) is 13.2 Å². The smallest absolute Gasteiger partial charge is 0.305 e. The van der Waals surface area contributed by atoms with Gasteiger partial charge in [0.2, 0.25) is 10.0 Å². The molecule has 142 valence electrons. The van der Waals surface area contributed by atoms with E-state index in [1.54, 1.807) is 0 Å². The molecule has 0 radical (unpaired) electrons. The van der Waals surface area contributed by atoms with Gasteiger partial charge in [-0.15, -0.1) is 0 Å². The van der Waals surface area contributed by atoms with E-state index in [0.717, 1.165) is 29.8 Å². The molecule has 0 heterocycles. The highest BCUT2D eigenvalue weighted by Gasteiger charge is 2.30. The van der Waals surface area contributed by atoms with Crippen LogP contribution in [0.15, 0.2) is 59.5 Å². The molecule has 0 unspecified atom stereocenters. The number of hydrogen-bond donors (Lipinski definition) is 1. The van der Waals surface area contributed by atoms with Crippen molar-refractivity contribution >= 4 is 10.0 Å². The minimum atomic E-state index is -4.50. The number of nitrogens with one attached hydrogen (secondary N) is 1. The van der Waals surface area contributed by atoms with Gasteiger partial charge in [0.05, 0.1) is 10.5 Å². The van der Waals surface area contributed by atoms with Crippen molar-refractivity contribution in [3.63, 3.8) is 0 Å². The monoisotopic (exact) mass is 386 g/mol. The third kappa shape index (κ3) is 5.55. The second kappa shape index (κ2) is 8.20. The lowest BCUT2D eigenvalue weighted by Crippen LogP contribution is -2.41. The minimum Gasteiger partial charge on any atom is -0.305 e. The van der Waals surface area contributed by atoms with Crippen LogP contribution in [-0.2, 0) is 22.6 Å². The normalized spacial score (nSPS) is 13.8. The first-order valence-electron chi connectivity index (χ1n) is 7.97. The fourth-order valence-electron chi connectivity index (χ4n) is 2.44. The number of hydrogen-bond acceptors (Lipinski definition) is 3. The van der Waals surface area contributed by atoms with Crippen molar-refractivity contribution in [3.05, 3.63) is 65.7 Å². The molecular weight excluding hydrogens is 365 g/mol. The molecule has 26 heavy (non-hydrogen) atoms. The maximum atomic E-state index is 12.6. The summed E-state index contributed by atoms with van der Waals surface area (Å²) in [5.41, 5.74) is 0.187. The lowest BCUT2D eigenvalue weighted by atomic mass is 10.1. The van der Waals surface area contributed by atoms with Gasteiger partial charge in [-0.25, -0.2) is 13.1 Å². The van der Waals surface area contributed by atoms with Gasteiger partial charge in [-0.1, -0.05) is 30.3 Å². The summed E-state index contributed by atoms with van der Waals surface area (Å²) in [5.74, 6) is 0. The minimum absolute atomic E-state index is 0.0957. The van der Waals surface area contributed by atoms with Crippen LogP contribution in [0.5, 0.6) is 0 Å². The second-order valence-corrected chi connectivity index (χ2v) is 7.95. The summed E-state index contributed by atoms with van der Waals surface area (Å²) in [6.07, 6.45) is -3.86. The molecular formula is C18H21F3N2O2S. The summed E-state index contributed by atoms with van der Waals surface area (Å²) in [4.78, 5) is 1.71. The van der Waals surface area contributed by atoms with E-state index in [9.17, 15) is 21.6 Å². The number of halogens is 3. The van der Waals surface area contributed by atoms with Gasteiger partial charge in [0, 0.05) is 12.6 Å². The van der Waals surface area contributed by atoms with E-state index < -0.39 is 21.8 Å². The van der Waals surface area contributed by atoms with Crippen molar-refractivity contribution in [2.45, 2.75) is 23.5 Å². The van der Waals surface area contributed by atoms with Gasteiger partial charge in [-0.05, 0) is 50.3 Å². The Morgan fingerprint density at radius 1 is 1.00 bits per heavy atom. The fraction of sp³-hybridized carbons (Fsp3) is 0.333. The Hall–Kier alpha value is -1.90. The quantitative estimate of drug-likeness (QED) is 0.795. The summed E-state index contributed by atoms with van der Waals surface area (Å²) in [6, 6.07) is 13.0. The van der Waals surface area contributed by atoms with Gasteiger partial charge >= 0.3 is 6.18 Å². The van der Waals surface area contributed by atoms with E-state index in [2.05, 4.69) is 4.72 Å². The first kappa shape index (κ1) is 20.4. The molecule has 2 aromatic rings. The standard InChI is InChI=1S/C18H21F3N2O2S/c1-23(2)16(12-14-6-4-3-5-7-14)13-22-26(24,25)17-10-8-15(9-11-17)18(19,20)21/h3-11,16,22H,12-13H2,1-2H3/t16-/m0/s1. The Morgan fingerprint density at radius 2 is 1.58 bits per heavy atom. The third-order valence-electron chi connectivity index (χ3n) is 4.05. The van der Waals surface area contributed by atoms with Crippen molar-refractivity contribution in [2.75, 3.05) is 20.6 Å². The highest BCUT2D eigenvalue weighted by atomic mass is 32.2. The first-order chi connectivity index (χ1) is 12.1. The molecule has 0 bridgehead atoms. The Bertz CT molecular complexity index is 805. The van der Waals surface area contributed by atoms with Crippen molar-refractivity contribution in [1.29, 1.82) is 0 Å². The predicted octanol–water partition coefficient (Wildman–Crippen LogP) is 3.16. The van der Waals surface area contributed by atoms with Crippen molar-refractivity contribution < 1.29 is 21.6 Å². The molecule has 1 atom stereocenters. The number of benzene rings is 2. The van der Waals surface area contributed by atoms with Gasteiger partial charge < -0.3 is 4.90 Å². The molecule has 0 aliphatic carbocycles. The van der Waals surface area contributed by atoms with Crippen LogP contribution in [-0.4, -0.2) is 40.0 Å². The number of alkyl halides is 3. The number of sulfonamides is 1. The third-order valence-corrected chi connectivity index (χ3v) is 5.48. The Kier molecular flexibility index (Phi) is 6.44. The predicted molar refractivity (Wildman–Crippen MR) is 94.3 cm³/mol. The molecule has 4 nitrogen and oxygen atoms in total. The molecule has 0 fully saturated rings. The summed E-state index contributed by atoms with van der Waals surface area (Å²) < 4.78 is 65.0. The summed E-state index contributed by atoms with van der Waals surface area (Å²) in [6.45, 7) is 0.144. The number of nitrogens with zero attached hydrogens (tertiary/aromatic N) is 1. The lowest BCUT2D eigenvalue weighted by Gasteiger charge is -2.24. The second-order valence-electron chi connectivity index (χ2n) is 6.18.